The van der Waals surface area contributed by atoms with E-state index in [1.165, 1.54) is 13.2 Å². The van der Waals surface area contributed by atoms with Gasteiger partial charge in [0.2, 0.25) is 0 Å². The molecule has 2 nitrogen and oxygen atoms in total. The summed E-state index contributed by atoms with van der Waals surface area (Å²) in [5, 5.41) is 0.414. The van der Waals surface area contributed by atoms with Crippen molar-refractivity contribution in [1.82, 2.24) is 0 Å². The Kier molecular flexibility index (Phi) is 5.09. The van der Waals surface area contributed by atoms with Gasteiger partial charge in [-0.05, 0) is 6.07 Å². The Labute approximate surface area is 102 Å². The van der Waals surface area contributed by atoms with E-state index in [2.05, 4.69) is 0 Å². The zero-order valence-electron chi connectivity index (χ0n) is 8.47. The average molecular weight is 271 g/mol. The first-order chi connectivity index (χ1) is 7.58. The first-order valence-corrected chi connectivity index (χ1v) is 5.33. The lowest BCUT2D eigenvalue weighted by atomic mass is 10.2. The van der Waals surface area contributed by atoms with E-state index >= 15 is 0 Å². The lowest BCUT2D eigenvalue weighted by molar-refractivity contribution is 0.0800. The van der Waals surface area contributed by atoms with E-state index in [0.29, 0.717) is 16.3 Å². The van der Waals surface area contributed by atoms with Crippen LogP contribution in [0.15, 0.2) is 12.1 Å². The molecular formula is C10H10Cl2F2O2. The summed E-state index contributed by atoms with van der Waals surface area (Å²) in [6.45, 7) is -0.706. The molecule has 0 radical (unpaired) electrons. The fourth-order valence-electron chi connectivity index (χ4n) is 1.18. The molecule has 6 heteroatoms. The molecule has 0 spiro atoms. The van der Waals surface area contributed by atoms with Crippen LogP contribution in [0.2, 0.25) is 5.02 Å². The van der Waals surface area contributed by atoms with Gasteiger partial charge in [0.15, 0.2) is 11.5 Å². The van der Waals surface area contributed by atoms with Crippen LogP contribution in [0.4, 0.5) is 8.78 Å². The maximum absolute atomic E-state index is 12.0. The number of ether oxygens (including phenoxy) is 2. The van der Waals surface area contributed by atoms with Crippen molar-refractivity contribution in [3.05, 3.63) is 22.7 Å². The number of benzene rings is 1. The van der Waals surface area contributed by atoms with Crippen molar-refractivity contribution in [3.63, 3.8) is 0 Å². The van der Waals surface area contributed by atoms with Gasteiger partial charge in [0.05, 0.1) is 13.0 Å². The van der Waals surface area contributed by atoms with Crippen LogP contribution in [0.1, 0.15) is 5.56 Å². The first kappa shape index (κ1) is 13.3. The smallest absolute Gasteiger partial charge is 0.272 e. The topological polar surface area (TPSA) is 18.5 Å². The lowest BCUT2D eigenvalue weighted by Crippen LogP contribution is -2.09. The highest BCUT2D eigenvalue weighted by Gasteiger charge is 2.14. The van der Waals surface area contributed by atoms with Gasteiger partial charge in [-0.15, -0.1) is 11.6 Å². The van der Waals surface area contributed by atoms with E-state index in [9.17, 15) is 8.78 Å². The third kappa shape index (κ3) is 3.39. The molecule has 0 aliphatic rings. The molecular weight excluding hydrogens is 261 g/mol. The third-order valence-electron chi connectivity index (χ3n) is 1.81. The molecule has 1 aromatic carbocycles. The Bertz CT molecular complexity index is 334. The van der Waals surface area contributed by atoms with Crippen LogP contribution >= 0.6 is 23.2 Å². The van der Waals surface area contributed by atoms with Crippen molar-refractivity contribution >= 4 is 23.2 Å². The van der Waals surface area contributed by atoms with E-state index < -0.39 is 13.0 Å². The van der Waals surface area contributed by atoms with E-state index in [1.54, 1.807) is 6.07 Å². The summed E-state index contributed by atoms with van der Waals surface area (Å²) >= 11 is 11.5. The van der Waals surface area contributed by atoms with Crippen LogP contribution in [0.3, 0.4) is 0 Å². The van der Waals surface area contributed by atoms with Gasteiger partial charge in [0.25, 0.3) is 6.43 Å². The molecule has 0 atom stereocenters. The second-order valence-electron chi connectivity index (χ2n) is 2.93. The fourth-order valence-corrected chi connectivity index (χ4v) is 1.61. The lowest BCUT2D eigenvalue weighted by Gasteiger charge is -2.14. The van der Waals surface area contributed by atoms with E-state index in [0.717, 1.165) is 0 Å². The number of hydrogen-bond acceptors (Lipinski definition) is 2. The van der Waals surface area contributed by atoms with Gasteiger partial charge in [-0.2, -0.15) is 0 Å². The van der Waals surface area contributed by atoms with E-state index in [-0.39, 0.29) is 11.6 Å². The van der Waals surface area contributed by atoms with Crippen LogP contribution in [0, 0.1) is 0 Å². The minimum absolute atomic E-state index is 0.107. The Balaban J connectivity index is 3.02. The van der Waals surface area contributed by atoms with Crippen LogP contribution in [-0.4, -0.2) is 20.1 Å². The van der Waals surface area contributed by atoms with Gasteiger partial charge in [-0.1, -0.05) is 11.6 Å². The van der Waals surface area contributed by atoms with Crippen molar-refractivity contribution in [2.75, 3.05) is 13.7 Å². The monoisotopic (exact) mass is 270 g/mol. The van der Waals surface area contributed by atoms with Gasteiger partial charge in [0.1, 0.15) is 6.61 Å². The summed E-state index contributed by atoms with van der Waals surface area (Å²) in [5.74, 6) is 0.612. The SMILES string of the molecule is COc1cc(Cl)cc(CCl)c1OCC(F)F. The van der Waals surface area contributed by atoms with Gasteiger partial charge < -0.3 is 9.47 Å². The van der Waals surface area contributed by atoms with Gasteiger partial charge in [-0.25, -0.2) is 8.78 Å². The number of methoxy groups -OCH3 is 1. The molecule has 0 aliphatic heterocycles. The molecule has 90 valence electrons. The number of halogens is 4. The highest BCUT2D eigenvalue weighted by molar-refractivity contribution is 6.31. The minimum atomic E-state index is -2.55. The van der Waals surface area contributed by atoms with Gasteiger partial charge in [0, 0.05) is 16.7 Å². The molecule has 0 aliphatic carbocycles. The molecule has 0 N–H and O–H groups in total. The van der Waals surface area contributed by atoms with Crippen molar-refractivity contribution in [2.24, 2.45) is 0 Å². The molecule has 0 bridgehead atoms. The predicted octanol–water partition coefficient (Wildman–Crippen LogP) is 3.73. The summed E-state index contributed by atoms with van der Waals surface area (Å²) in [7, 11) is 1.40. The molecule has 0 unspecified atom stereocenters. The molecule has 0 fully saturated rings. The Morgan fingerprint density at radius 3 is 2.56 bits per heavy atom. The molecule has 0 saturated heterocycles. The normalized spacial score (nSPS) is 10.6. The minimum Gasteiger partial charge on any atom is -0.493 e. The van der Waals surface area contributed by atoms with Crippen LogP contribution in [0.5, 0.6) is 11.5 Å². The maximum atomic E-state index is 12.0. The summed E-state index contributed by atoms with van der Waals surface area (Å²) in [6, 6.07) is 3.04. The molecule has 0 saturated carbocycles. The van der Waals surface area contributed by atoms with Crippen molar-refractivity contribution in [2.45, 2.75) is 12.3 Å². The Morgan fingerprint density at radius 1 is 1.38 bits per heavy atom. The zero-order valence-corrected chi connectivity index (χ0v) is 9.99. The Hall–Kier alpha value is -0.740. The summed E-state index contributed by atoms with van der Waals surface area (Å²) in [5.41, 5.74) is 0.520. The second kappa shape index (κ2) is 6.11. The summed E-state index contributed by atoms with van der Waals surface area (Å²) in [4.78, 5) is 0. The standard InChI is InChI=1S/C10H10Cl2F2O2/c1-15-8-3-7(12)2-6(4-11)10(8)16-5-9(13)14/h2-3,9H,4-5H2,1H3. The molecule has 0 heterocycles. The molecule has 1 rings (SSSR count). The fraction of sp³-hybridized carbons (Fsp3) is 0.400. The molecule has 0 amide bonds. The second-order valence-corrected chi connectivity index (χ2v) is 3.64. The van der Waals surface area contributed by atoms with Crippen molar-refractivity contribution in [1.29, 1.82) is 0 Å². The van der Waals surface area contributed by atoms with Crippen molar-refractivity contribution in [3.8, 4) is 11.5 Å². The predicted molar refractivity (Wildman–Crippen MR) is 59.1 cm³/mol. The van der Waals surface area contributed by atoms with Crippen LogP contribution < -0.4 is 9.47 Å². The molecule has 0 aromatic heterocycles. The van der Waals surface area contributed by atoms with E-state index in [1.807, 2.05) is 0 Å². The van der Waals surface area contributed by atoms with Crippen LogP contribution in [-0.2, 0) is 5.88 Å². The van der Waals surface area contributed by atoms with Crippen molar-refractivity contribution < 1.29 is 18.3 Å². The average Bonchev–Trinajstić information content (AvgIpc) is 2.25. The number of hydrogen-bond donors (Lipinski definition) is 0. The Morgan fingerprint density at radius 2 is 2.06 bits per heavy atom. The highest BCUT2D eigenvalue weighted by Crippen LogP contribution is 2.35. The quantitative estimate of drug-likeness (QED) is 0.759. The molecule has 1 aromatic rings. The van der Waals surface area contributed by atoms with Gasteiger partial charge >= 0.3 is 0 Å². The summed E-state index contributed by atoms with van der Waals surface area (Å²) < 4.78 is 34.0. The zero-order chi connectivity index (χ0) is 12.1. The largest absolute Gasteiger partial charge is 0.493 e. The summed E-state index contributed by atoms with van der Waals surface area (Å²) in [6.07, 6.45) is -2.55. The number of alkyl halides is 3. The number of rotatable bonds is 5. The highest BCUT2D eigenvalue weighted by atomic mass is 35.5. The maximum Gasteiger partial charge on any atom is 0.272 e. The molecule has 16 heavy (non-hydrogen) atoms. The van der Waals surface area contributed by atoms with Gasteiger partial charge in [-0.3, -0.25) is 0 Å². The van der Waals surface area contributed by atoms with Crippen LogP contribution in [0.25, 0.3) is 0 Å². The first-order valence-electron chi connectivity index (χ1n) is 4.41. The van der Waals surface area contributed by atoms with E-state index in [4.69, 9.17) is 32.7 Å². The third-order valence-corrected chi connectivity index (χ3v) is 2.32.